The summed E-state index contributed by atoms with van der Waals surface area (Å²) >= 11 is 3.56. The first-order valence-electron chi connectivity index (χ1n) is 6.31. The number of carbonyl (C=O) groups is 1. The molecule has 0 saturated heterocycles. The van der Waals surface area contributed by atoms with Crippen LogP contribution >= 0.6 is 15.9 Å². The average Bonchev–Trinajstić information content (AvgIpc) is 2.37. The number of rotatable bonds is 2. The zero-order chi connectivity index (χ0) is 13.3. The van der Waals surface area contributed by atoms with Crippen molar-refractivity contribution in [3.05, 3.63) is 33.8 Å². The van der Waals surface area contributed by atoms with E-state index in [9.17, 15) is 4.79 Å². The molecule has 1 aromatic carbocycles. The topological polar surface area (TPSA) is 46.3 Å². The number of hydrogen-bond donors (Lipinski definition) is 1. The summed E-state index contributed by atoms with van der Waals surface area (Å²) in [6, 6.07) is 6.11. The third kappa shape index (κ3) is 2.59. The average molecular weight is 311 g/mol. The second-order valence-corrected chi connectivity index (χ2v) is 5.89. The van der Waals surface area contributed by atoms with Crippen LogP contribution in [0.4, 0.5) is 0 Å². The third-order valence-corrected chi connectivity index (χ3v) is 4.45. The van der Waals surface area contributed by atoms with Crippen LogP contribution in [0, 0.1) is 5.92 Å². The highest BCUT2D eigenvalue weighted by atomic mass is 79.9. The highest BCUT2D eigenvalue weighted by Crippen LogP contribution is 2.27. The summed E-state index contributed by atoms with van der Waals surface area (Å²) in [5, 5.41) is 0. The molecule has 0 aromatic heterocycles. The molecule has 2 rings (SSSR count). The summed E-state index contributed by atoms with van der Waals surface area (Å²) in [6.07, 6.45) is 0.923. The summed E-state index contributed by atoms with van der Waals surface area (Å²) in [7, 11) is 0. The van der Waals surface area contributed by atoms with E-state index in [1.165, 1.54) is 11.1 Å². The van der Waals surface area contributed by atoms with Crippen molar-refractivity contribution in [2.75, 3.05) is 6.54 Å². The molecule has 0 saturated carbocycles. The summed E-state index contributed by atoms with van der Waals surface area (Å²) in [5.74, 6) is 0.0421. The lowest BCUT2D eigenvalue weighted by Gasteiger charge is -2.32. The monoisotopic (exact) mass is 310 g/mol. The van der Waals surface area contributed by atoms with Gasteiger partial charge in [0.2, 0.25) is 5.91 Å². The first-order valence-corrected chi connectivity index (χ1v) is 7.10. The Kier molecular flexibility index (Phi) is 4.07. The van der Waals surface area contributed by atoms with Gasteiger partial charge in [-0.2, -0.15) is 0 Å². The van der Waals surface area contributed by atoms with E-state index in [1.54, 1.807) is 0 Å². The number of halogens is 1. The second-order valence-electron chi connectivity index (χ2n) is 5.04. The Morgan fingerprint density at radius 1 is 1.44 bits per heavy atom. The van der Waals surface area contributed by atoms with Crippen LogP contribution in [0.25, 0.3) is 0 Å². The van der Waals surface area contributed by atoms with Gasteiger partial charge in [-0.25, -0.2) is 0 Å². The van der Waals surface area contributed by atoms with Crippen molar-refractivity contribution in [3.63, 3.8) is 0 Å². The maximum Gasteiger partial charge on any atom is 0.227 e. The molecule has 2 N–H and O–H groups in total. The third-order valence-electron chi connectivity index (χ3n) is 3.71. The maximum absolute atomic E-state index is 12.3. The Hall–Kier alpha value is -0.870. The van der Waals surface area contributed by atoms with E-state index in [2.05, 4.69) is 22.0 Å². The SMILES string of the molecule is CC(N)C(C)C(=O)N1CCc2cccc(Br)c2C1. The number of hydrogen-bond acceptors (Lipinski definition) is 2. The van der Waals surface area contributed by atoms with Gasteiger partial charge in [-0.15, -0.1) is 0 Å². The molecule has 1 amide bonds. The fourth-order valence-corrected chi connectivity index (χ4v) is 2.77. The van der Waals surface area contributed by atoms with Crippen molar-refractivity contribution in [2.45, 2.75) is 32.9 Å². The number of carbonyl (C=O) groups excluding carboxylic acids is 1. The van der Waals surface area contributed by atoms with Crippen LogP contribution in [0.15, 0.2) is 22.7 Å². The number of nitrogens with zero attached hydrogens (tertiary/aromatic N) is 1. The summed E-state index contributed by atoms with van der Waals surface area (Å²) in [5.41, 5.74) is 8.38. The van der Waals surface area contributed by atoms with Crippen LogP contribution < -0.4 is 5.73 Å². The van der Waals surface area contributed by atoms with Crippen molar-refractivity contribution in [1.29, 1.82) is 0 Å². The van der Waals surface area contributed by atoms with Gasteiger partial charge in [-0.05, 0) is 30.5 Å². The molecule has 4 heteroatoms. The van der Waals surface area contributed by atoms with Gasteiger partial charge in [-0.1, -0.05) is 35.0 Å². The molecule has 3 nitrogen and oxygen atoms in total. The molecule has 1 aliphatic rings. The lowest BCUT2D eigenvalue weighted by Crippen LogP contribution is -2.43. The summed E-state index contributed by atoms with van der Waals surface area (Å²) in [6.45, 7) is 5.27. The van der Waals surface area contributed by atoms with Gasteiger partial charge in [0, 0.05) is 23.6 Å². The fraction of sp³-hybridized carbons (Fsp3) is 0.500. The van der Waals surface area contributed by atoms with E-state index < -0.39 is 0 Å². The predicted octanol–water partition coefficient (Wildman–Crippen LogP) is 2.32. The van der Waals surface area contributed by atoms with Gasteiger partial charge in [-0.3, -0.25) is 4.79 Å². The van der Waals surface area contributed by atoms with Gasteiger partial charge >= 0.3 is 0 Å². The van der Waals surface area contributed by atoms with E-state index in [0.717, 1.165) is 17.4 Å². The first kappa shape index (κ1) is 13.6. The van der Waals surface area contributed by atoms with E-state index in [-0.39, 0.29) is 17.9 Å². The molecule has 1 aliphatic heterocycles. The van der Waals surface area contributed by atoms with Crippen molar-refractivity contribution in [3.8, 4) is 0 Å². The Morgan fingerprint density at radius 3 is 2.83 bits per heavy atom. The lowest BCUT2D eigenvalue weighted by molar-refractivity contribution is -0.136. The molecule has 1 heterocycles. The van der Waals surface area contributed by atoms with Crippen LogP contribution in [0.3, 0.4) is 0 Å². The molecule has 0 radical (unpaired) electrons. The van der Waals surface area contributed by atoms with Gasteiger partial charge < -0.3 is 10.6 Å². The Morgan fingerprint density at radius 2 is 2.17 bits per heavy atom. The smallest absolute Gasteiger partial charge is 0.227 e. The molecule has 0 fully saturated rings. The highest BCUT2D eigenvalue weighted by molar-refractivity contribution is 9.10. The minimum atomic E-state index is -0.117. The zero-order valence-electron chi connectivity index (χ0n) is 10.8. The molecular formula is C14H19BrN2O. The molecule has 2 unspecified atom stereocenters. The summed E-state index contributed by atoms with van der Waals surface area (Å²) in [4.78, 5) is 14.2. The van der Waals surface area contributed by atoms with Gasteiger partial charge in [0.25, 0.3) is 0 Å². The quantitative estimate of drug-likeness (QED) is 0.911. The van der Waals surface area contributed by atoms with Crippen molar-refractivity contribution in [1.82, 2.24) is 4.90 Å². The van der Waals surface area contributed by atoms with E-state index in [4.69, 9.17) is 5.73 Å². The highest BCUT2D eigenvalue weighted by Gasteiger charge is 2.27. The normalized spacial score (nSPS) is 18.1. The van der Waals surface area contributed by atoms with Gasteiger partial charge in [0.15, 0.2) is 0 Å². The molecule has 18 heavy (non-hydrogen) atoms. The minimum Gasteiger partial charge on any atom is -0.338 e. The van der Waals surface area contributed by atoms with Crippen LogP contribution in [-0.2, 0) is 17.8 Å². The van der Waals surface area contributed by atoms with Crippen molar-refractivity contribution >= 4 is 21.8 Å². The predicted molar refractivity (Wildman–Crippen MR) is 76.1 cm³/mol. The molecular weight excluding hydrogens is 292 g/mol. The Balaban J connectivity index is 2.17. The van der Waals surface area contributed by atoms with Crippen LogP contribution in [0.2, 0.25) is 0 Å². The lowest BCUT2D eigenvalue weighted by atomic mass is 9.97. The van der Waals surface area contributed by atoms with Crippen LogP contribution in [-0.4, -0.2) is 23.4 Å². The maximum atomic E-state index is 12.3. The second kappa shape index (κ2) is 5.41. The Labute approximate surface area is 116 Å². The van der Waals surface area contributed by atoms with Crippen LogP contribution in [0.1, 0.15) is 25.0 Å². The Bertz CT molecular complexity index is 459. The fourth-order valence-electron chi connectivity index (χ4n) is 2.24. The number of amides is 1. The van der Waals surface area contributed by atoms with Gasteiger partial charge in [0.05, 0.1) is 5.92 Å². The number of fused-ring (bicyclic) bond motifs is 1. The minimum absolute atomic E-state index is 0.0990. The van der Waals surface area contributed by atoms with Gasteiger partial charge in [0.1, 0.15) is 0 Å². The van der Waals surface area contributed by atoms with Crippen molar-refractivity contribution in [2.24, 2.45) is 11.7 Å². The van der Waals surface area contributed by atoms with E-state index in [1.807, 2.05) is 30.9 Å². The summed E-state index contributed by atoms with van der Waals surface area (Å²) < 4.78 is 1.09. The van der Waals surface area contributed by atoms with Crippen molar-refractivity contribution < 1.29 is 4.79 Å². The zero-order valence-corrected chi connectivity index (χ0v) is 12.4. The number of benzene rings is 1. The molecule has 1 aromatic rings. The van der Waals surface area contributed by atoms with E-state index in [0.29, 0.717) is 6.54 Å². The largest absolute Gasteiger partial charge is 0.338 e. The molecule has 0 spiro atoms. The molecule has 0 bridgehead atoms. The standard InChI is InChI=1S/C14H19BrN2O/c1-9(10(2)16)14(18)17-7-6-11-4-3-5-13(15)12(11)8-17/h3-5,9-10H,6-8,16H2,1-2H3. The van der Waals surface area contributed by atoms with Crippen LogP contribution in [0.5, 0.6) is 0 Å². The molecule has 98 valence electrons. The molecule has 0 aliphatic carbocycles. The number of nitrogens with two attached hydrogens (primary N) is 1. The van der Waals surface area contributed by atoms with E-state index >= 15 is 0 Å². The first-order chi connectivity index (χ1) is 8.50. The molecule has 2 atom stereocenters.